The van der Waals surface area contributed by atoms with Gasteiger partial charge >= 0.3 is 0 Å². The zero-order chi connectivity index (χ0) is 14.6. The van der Waals surface area contributed by atoms with Crippen molar-refractivity contribution in [1.29, 1.82) is 0 Å². The summed E-state index contributed by atoms with van der Waals surface area (Å²) >= 11 is 0. The first-order valence-electron chi connectivity index (χ1n) is 6.66. The van der Waals surface area contributed by atoms with E-state index in [1.807, 2.05) is 13.1 Å². The summed E-state index contributed by atoms with van der Waals surface area (Å²) in [6.07, 6.45) is 2.98. The molecule has 1 atom stereocenters. The van der Waals surface area contributed by atoms with E-state index < -0.39 is 5.41 Å². The van der Waals surface area contributed by atoms with Crippen LogP contribution in [0.15, 0.2) is 36.5 Å². The number of benzene rings is 1. The largest absolute Gasteiger partial charge is 0.395 e. The average molecular weight is 277 g/mol. The molecule has 1 heterocycles. The molecule has 1 aromatic heterocycles. The number of aliphatic hydroxyl groups excluding tert-OH is 1. The van der Waals surface area contributed by atoms with E-state index in [9.17, 15) is 9.50 Å². The van der Waals surface area contributed by atoms with Gasteiger partial charge in [0.25, 0.3) is 0 Å². The Balaban J connectivity index is 2.26. The smallest absolute Gasteiger partial charge is 0.127 e. The molecule has 0 radical (unpaired) electrons. The zero-order valence-corrected chi connectivity index (χ0v) is 11.6. The number of hydrogen-bond donors (Lipinski definition) is 2. The van der Waals surface area contributed by atoms with Crippen LogP contribution < -0.4 is 5.73 Å². The Morgan fingerprint density at radius 3 is 2.65 bits per heavy atom. The van der Waals surface area contributed by atoms with E-state index >= 15 is 0 Å². The van der Waals surface area contributed by atoms with Crippen molar-refractivity contribution in [2.75, 3.05) is 13.2 Å². The Morgan fingerprint density at radius 1 is 1.35 bits per heavy atom. The minimum Gasteiger partial charge on any atom is -0.395 e. The molecular weight excluding hydrogens is 257 g/mol. The van der Waals surface area contributed by atoms with Gasteiger partial charge in [-0.25, -0.2) is 4.39 Å². The molecule has 5 heteroatoms. The standard InChI is InChI=1S/C15H20FN3O/c1-19-12(7-9-18-19)6-8-15(10-17,11-20)13-4-2-3-5-14(13)16/h2-5,7,9,20H,6,8,10-11,17H2,1H3. The molecule has 0 bridgehead atoms. The molecule has 108 valence electrons. The van der Waals surface area contributed by atoms with Crippen molar-refractivity contribution in [2.24, 2.45) is 12.8 Å². The zero-order valence-electron chi connectivity index (χ0n) is 11.6. The second-order valence-corrected chi connectivity index (χ2v) is 5.07. The highest BCUT2D eigenvalue weighted by Gasteiger charge is 2.32. The fraction of sp³-hybridized carbons (Fsp3) is 0.400. The van der Waals surface area contributed by atoms with Crippen molar-refractivity contribution in [3.8, 4) is 0 Å². The maximum atomic E-state index is 14.0. The third kappa shape index (κ3) is 2.73. The molecule has 0 spiro atoms. The lowest BCUT2D eigenvalue weighted by molar-refractivity contribution is 0.184. The van der Waals surface area contributed by atoms with E-state index in [-0.39, 0.29) is 19.0 Å². The molecular formula is C15H20FN3O. The Labute approximate surface area is 118 Å². The molecule has 0 aliphatic rings. The Bertz CT molecular complexity index is 564. The highest BCUT2D eigenvalue weighted by molar-refractivity contribution is 5.28. The summed E-state index contributed by atoms with van der Waals surface area (Å²) in [5.74, 6) is -0.322. The van der Waals surface area contributed by atoms with Crippen molar-refractivity contribution >= 4 is 0 Å². The van der Waals surface area contributed by atoms with Gasteiger partial charge in [0, 0.05) is 30.9 Å². The molecule has 2 rings (SSSR count). The minimum atomic E-state index is -0.754. The quantitative estimate of drug-likeness (QED) is 0.838. The van der Waals surface area contributed by atoms with Gasteiger partial charge in [0.15, 0.2) is 0 Å². The summed E-state index contributed by atoms with van der Waals surface area (Å²) in [6, 6.07) is 8.42. The van der Waals surface area contributed by atoms with Crippen molar-refractivity contribution in [2.45, 2.75) is 18.3 Å². The van der Waals surface area contributed by atoms with E-state index in [0.29, 0.717) is 18.4 Å². The predicted octanol–water partition coefficient (Wildman–Crippen LogP) is 1.38. The van der Waals surface area contributed by atoms with Crippen LogP contribution in [0.3, 0.4) is 0 Å². The van der Waals surface area contributed by atoms with E-state index in [4.69, 9.17) is 5.73 Å². The number of aromatic nitrogens is 2. The lowest BCUT2D eigenvalue weighted by Crippen LogP contribution is -2.40. The van der Waals surface area contributed by atoms with Gasteiger partial charge in [0.2, 0.25) is 0 Å². The van der Waals surface area contributed by atoms with Gasteiger partial charge in [-0.15, -0.1) is 0 Å². The number of hydrogen-bond acceptors (Lipinski definition) is 3. The van der Waals surface area contributed by atoms with Gasteiger partial charge in [-0.05, 0) is 30.5 Å². The minimum absolute atomic E-state index is 0.178. The average Bonchev–Trinajstić information content (AvgIpc) is 2.87. The monoisotopic (exact) mass is 277 g/mol. The molecule has 0 saturated carbocycles. The van der Waals surface area contributed by atoms with Crippen LogP contribution in [0, 0.1) is 5.82 Å². The molecule has 0 amide bonds. The Morgan fingerprint density at radius 2 is 2.10 bits per heavy atom. The maximum Gasteiger partial charge on any atom is 0.127 e. The molecule has 1 aromatic carbocycles. The van der Waals surface area contributed by atoms with Gasteiger partial charge in [0.05, 0.1) is 6.61 Å². The number of rotatable bonds is 6. The fourth-order valence-corrected chi connectivity index (χ4v) is 2.48. The second-order valence-electron chi connectivity index (χ2n) is 5.07. The molecule has 1 unspecified atom stereocenters. The topological polar surface area (TPSA) is 64.1 Å². The van der Waals surface area contributed by atoms with Crippen LogP contribution in [0.2, 0.25) is 0 Å². The summed E-state index contributed by atoms with van der Waals surface area (Å²) in [5.41, 5.74) is 6.61. The fourth-order valence-electron chi connectivity index (χ4n) is 2.48. The number of aryl methyl sites for hydroxylation is 2. The van der Waals surface area contributed by atoms with E-state index in [2.05, 4.69) is 5.10 Å². The van der Waals surface area contributed by atoms with E-state index in [0.717, 1.165) is 5.69 Å². The first-order valence-corrected chi connectivity index (χ1v) is 6.66. The molecule has 0 aliphatic heterocycles. The highest BCUT2D eigenvalue weighted by Crippen LogP contribution is 2.30. The van der Waals surface area contributed by atoms with Gasteiger partial charge in [-0.3, -0.25) is 4.68 Å². The maximum absolute atomic E-state index is 14.0. The first-order chi connectivity index (χ1) is 9.63. The van der Waals surface area contributed by atoms with Gasteiger partial charge in [-0.2, -0.15) is 5.10 Å². The number of nitrogens with zero attached hydrogens (tertiary/aromatic N) is 2. The summed E-state index contributed by atoms with van der Waals surface area (Å²) in [7, 11) is 1.86. The molecule has 20 heavy (non-hydrogen) atoms. The van der Waals surface area contributed by atoms with Gasteiger partial charge < -0.3 is 10.8 Å². The van der Waals surface area contributed by atoms with Crippen LogP contribution >= 0.6 is 0 Å². The number of halogens is 1. The first kappa shape index (κ1) is 14.7. The second kappa shape index (κ2) is 6.15. The summed E-state index contributed by atoms with van der Waals surface area (Å²) < 4.78 is 15.8. The molecule has 0 saturated heterocycles. The lowest BCUT2D eigenvalue weighted by Gasteiger charge is -2.31. The third-order valence-electron chi connectivity index (χ3n) is 3.92. The van der Waals surface area contributed by atoms with Crippen LogP contribution in [-0.2, 0) is 18.9 Å². The number of nitrogens with two attached hydrogens (primary N) is 1. The van der Waals surface area contributed by atoms with Gasteiger partial charge in [0.1, 0.15) is 5.82 Å². The van der Waals surface area contributed by atoms with Gasteiger partial charge in [-0.1, -0.05) is 18.2 Å². The molecule has 3 N–H and O–H groups in total. The summed E-state index contributed by atoms with van der Waals surface area (Å²) in [6.45, 7) is 0.0184. The molecule has 0 fully saturated rings. The highest BCUT2D eigenvalue weighted by atomic mass is 19.1. The SMILES string of the molecule is Cn1nccc1CCC(CN)(CO)c1ccccc1F. The Hall–Kier alpha value is -1.72. The normalized spacial score (nSPS) is 14.2. The lowest BCUT2D eigenvalue weighted by atomic mass is 9.76. The Kier molecular flexibility index (Phi) is 4.52. The van der Waals surface area contributed by atoms with Crippen LogP contribution in [-0.4, -0.2) is 28.0 Å². The van der Waals surface area contributed by atoms with Crippen molar-refractivity contribution < 1.29 is 9.50 Å². The molecule has 4 nitrogen and oxygen atoms in total. The summed E-state index contributed by atoms with van der Waals surface area (Å²) in [5, 5.41) is 13.9. The van der Waals surface area contributed by atoms with Crippen LogP contribution in [0.4, 0.5) is 4.39 Å². The van der Waals surface area contributed by atoms with Crippen LogP contribution in [0.5, 0.6) is 0 Å². The third-order valence-corrected chi connectivity index (χ3v) is 3.92. The molecule has 2 aromatic rings. The predicted molar refractivity (Wildman–Crippen MR) is 75.7 cm³/mol. The van der Waals surface area contributed by atoms with Crippen LogP contribution in [0.25, 0.3) is 0 Å². The van der Waals surface area contributed by atoms with Crippen molar-refractivity contribution in [3.63, 3.8) is 0 Å². The summed E-state index contributed by atoms with van der Waals surface area (Å²) in [4.78, 5) is 0. The van der Waals surface area contributed by atoms with E-state index in [1.54, 1.807) is 29.1 Å². The van der Waals surface area contributed by atoms with Crippen molar-refractivity contribution in [1.82, 2.24) is 9.78 Å². The van der Waals surface area contributed by atoms with Crippen LogP contribution in [0.1, 0.15) is 17.7 Å². The molecule has 0 aliphatic carbocycles. The van der Waals surface area contributed by atoms with E-state index in [1.165, 1.54) is 6.07 Å². The number of aliphatic hydroxyl groups is 1. The van der Waals surface area contributed by atoms with Crippen molar-refractivity contribution in [3.05, 3.63) is 53.6 Å².